The van der Waals surface area contributed by atoms with E-state index in [1.54, 1.807) is 0 Å². The number of hydrogen-bond donors (Lipinski definition) is 0. The van der Waals surface area contributed by atoms with Crippen molar-refractivity contribution in [1.29, 1.82) is 5.26 Å². The molecule has 0 radical (unpaired) electrons. The molecule has 2 unspecified atom stereocenters. The maximum absolute atomic E-state index is 9.31. The van der Waals surface area contributed by atoms with Gasteiger partial charge in [0, 0.05) is 0 Å². The van der Waals surface area contributed by atoms with Crippen LogP contribution in [0.3, 0.4) is 0 Å². The second-order valence-electron chi connectivity index (χ2n) is 4.21. The largest absolute Gasteiger partial charge is 0.197 e. The molecule has 14 heavy (non-hydrogen) atoms. The first-order chi connectivity index (χ1) is 6.86. The molecule has 1 heteroatoms. The number of nitriles is 1. The standard InChI is InChI=1S/C13H11N/c14-9-13-7-3-4-10(8-13)11-5-1-2-6-12(11)13/h1-3,5-7,10H,4,8H2. The molecule has 68 valence electrons. The maximum atomic E-state index is 9.31. The van der Waals surface area contributed by atoms with E-state index in [9.17, 15) is 5.26 Å². The molecule has 1 aromatic carbocycles. The molecule has 0 aliphatic heterocycles. The SMILES string of the molecule is N#CC12C=CCC(C1)c1ccccc12. The fourth-order valence-corrected chi connectivity index (χ4v) is 2.81. The third-order valence-electron chi connectivity index (χ3n) is 3.47. The zero-order valence-corrected chi connectivity index (χ0v) is 7.90. The highest BCUT2D eigenvalue weighted by atomic mass is 14.5. The Morgan fingerprint density at radius 3 is 3.07 bits per heavy atom. The molecule has 3 rings (SSSR count). The smallest absolute Gasteiger partial charge is 0.101 e. The number of fused-ring (bicyclic) bond motifs is 5. The molecular formula is C13H11N. The molecule has 0 fully saturated rings. The predicted octanol–water partition coefficient (Wildman–Crippen LogP) is 2.90. The van der Waals surface area contributed by atoms with Crippen molar-refractivity contribution in [3.05, 3.63) is 47.5 Å². The Bertz CT molecular complexity index is 453. The molecule has 1 aromatic rings. The topological polar surface area (TPSA) is 23.8 Å². The Morgan fingerprint density at radius 2 is 2.21 bits per heavy atom. The van der Waals surface area contributed by atoms with E-state index < -0.39 is 0 Å². The van der Waals surface area contributed by atoms with Gasteiger partial charge in [0.15, 0.2) is 0 Å². The highest BCUT2D eigenvalue weighted by Crippen LogP contribution is 2.50. The predicted molar refractivity (Wildman–Crippen MR) is 54.8 cm³/mol. The first-order valence-corrected chi connectivity index (χ1v) is 5.04. The number of rotatable bonds is 0. The lowest BCUT2D eigenvalue weighted by Gasteiger charge is -2.20. The van der Waals surface area contributed by atoms with E-state index in [0.717, 1.165) is 12.8 Å². The number of hydrogen-bond acceptors (Lipinski definition) is 1. The fraction of sp³-hybridized carbons (Fsp3) is 0.308. The van der Waals surface area contributed by atoms with Crippen LogP contribution in [0.4, 0.5) is 0 Å². The highest BCUT2D eigenvalue weighted by molar-refractivity contribution is 5.52. The van der Waals surface area contributed by atoms with Gasteiger partial charge in [-0.25, -0.2) is 0 Å². The van der Waals surface area contributed by atoms with Crippen molar-refractivity contribution < 1.29 is 0 Å². The number of nitrogens with zero attached hydrogens (tertiary/aromatic N) is 1. The van der Waals surface area contributed by atoms with Crippen molar-refractivity contribution in [2.45, 2.75) is 24.2 Å². The third kappa shape index (κ3) is 0.786. The van der Waals surface area contributed by atoms with Crippen LogP contribution in [0.2, 0.25) is 0 Å². The van der Waals surface area contributed by atoms with Crippen LogP contribution in [-0.4, -0.2) is 0 Å². The summed E-state index contributed by atoms with van der Waals surface area (Å²) in [6, 6.07) is 10.9. The third-order valence-corrected chi connectivity index (χ3v) is 3.47. The average molecular weight is 181 g/mol. The zero-order valence-electron chi connectivity index (χ0n) is 7.90. The van der Waals surface area contributed by atoms with E-state index in [1.165, 1.54) is 11.1 Å². The van der Waals surface area contributed by atoms with Gasteiger partial charge in [0.05, 0.1) is 6.07 Å². The van der Waals surface area contributed by atoms with Crippen molar-refractivity contribution in [1.82, 2.24) is 0 Å². The van der Waals surface area contributed by atoms with Gasteiger partial charge in [-0.3, -0.25) is 0 Å². The van der Waals surface area contributed by atoms with E-state index in [1.807, 2.05) is 6.07 Å². The minimum absolute atomic E-state index is 0.306. The Labute approximate surface area is 83.7 Å². The Hall–Kier alpha value is -1.55. The first-order valence-electron chi connectivity index (χ1n) is 5.04. The van der Waals surface area contributed by atoms with Crippen LogP contribution in [0.5, 0.6) is 0 Å². The molecule has 0 spiro atoms. The van der Waals surface area contributed by atoms with Crippen molar-refractivity contribution in [3.8, 4) is 6.07 Å². The zero-order chi connectivity index (χ0) is 9.60. The lowest BCUT2D eigenvalue weighted by Crippen LogP contribution is -2.19. The molecule has 1 nitrogen and oxygen atoms in total. The molecule has 0 saturated heterocycles. The molecule has 2 atom stereocenters. The highest BCUT2D eigenvalue weighted by Gasteiger charge is 2.43. The van der Waals surface area contributed by atoms with Crippen LogP contribution < -0.4 is 0 Å². The fourth-order valence-electron chi connectivity index (χ4n) is 2.81. The van der Waals surface area contributed by atoms with Gasteiger partial charge in [-0.05, 0) is 29.9 Å². The summed E-state index contributed by atoms with van der Waals surface area (Å²) in [5.41, 5.74) is 2.32. The molecule has 2 aliphatic carbocycles. The van der Waals surface area contributed by atoms with Crippen molar-refractivity contribution in [2.24, 2.45) is 0 Å². The van der Waals surface area contributed by atoms with Gasteiger partial charge in [0.1, 0.15) is 5.41 Å². The summed E-state index contributed by atoms with van der Waals surface area (Å²) >= 11 is 0. The van der Waals surface area contributed by atoms with Crippen molar-refractivity contribution >= 4 is 0 Å². The maximum Gasteiger partial charge on any atom is 0.101 e. The number of benzene rings is 1. The van der Waals surface area contributed by atoms with Crippen LogP contribution >= 0.6 is 0 Å². The van der Waals surface area contributed by atoms with E-state index in [0.29, 0.717) is 5.92 Å². The van der Waals surface area contributed by atoms with E-state index >= 15 is 0 Å². The van der Waals surface area contributed by atoms with Gasteiger partial charge in [0.2, 0.25) is 0 Å². The second-order valence-corrected chi connectivity index (χ2v) is 4.21. The summed E-state index contributed by atoms with van der Waals surface area (Å²) in [6.45, 7) is 0. The molecule has 2 aliphatic rings. The molecule has 2 bridgehead atoms. The van der Waals surface area contributed by atoms with E-state index in [-0.39, 0.29) is 5.41 Å². The summed E-state index contributed by atoms with van der Waals surface area (Å²) < 4.78 is 0. The van der Waals surface area contributed by atoms with E-state index in [4.69, 9.17) is 0 Å². The normalized spacial score (nSPS) is 32.4. The lowest BCUT2D eigenvalue weighted by atomic mass is 9.79. The van der Waals surface area contributed by atoms with Gasteiger partial charge >= 0.3 is 0 Å². The summed E-state index contributed by atoms with van der Waals surface area (Å²) in [6.07, 6.45) is 6.34. The van der Waals surface area contributed by atoms with Crippen molar-refractivity contribution in [2.75, 3.05) is 0 Å². The minimum Gasteiger partial charge on any atom is -0.197 e. The average Bonchev–Trinajstić information content (AvgIpc) is 2.50. The summed E-state index contributed by atoms with van der Waals surface area (Å²) in [4.78, 5) is 0. The van der Waals surface area contributed by atoms with Crippen molar-refractivity contribution in [3.63, 3.8) is 0 Å². The van der Waals surface area contributed by atoms with Crippen LogP contribution in [0, 0.1) is 11.3 Å². The second kappa shape index (κ2) is 2.48. The Kier molecular flexibility index (Phi) is 1.39. The van der Waals surface area contributed by atoms with Gasteiger partial charge in [-0.1, -0.05) is 36.4 Å². The monoisotopic (exact) mass is 181 g/mol. The quantitative estimate of drug-likeness (QED) is 0.564. The van der Waals surface area contributed by atoms with Crippen LogP contribution in [0.15, 0.2) is 36.4 Å². The van der Waals surface area contributed by atoms with Crippen LogP contribution in [0.1, 0.15) is 29.9 Å². The van der Waals surface area contributed by atoms with Crippen LogP contribution in [0.25, 0.3) is 0 Å². The molecule has 0 amide bonds. The molecule has 0 saturated carbocycles. The van der Waals surface area contributed by atoms with E-state index in [2.05, 4.69) is 36.4 Å². The molecular weight excluding hydrogens is 170 g/mol. The Balaban J connectivity index is 2.30. The lowest BCUT2D eigenvalue weighted by molar-refractivity contribution is 0.555. The summed E-state index contributed by atoms with van der Waals surface area (Å²) in [5, 5.41) is 9.31. The van der Waals surface area contributed by atoms with Gasteiger partial charge in [-0.15, -0.1) is 0 Å². The summed E-state index contributed by atoms with van der Waals surface area (Å²) in [7, 11) is 0. The van der Waals surface area contributed by atoms with Gasteiger partial charge in [0.25, 0.3) is 0 Å². The van der Waals surface area contributed by atoms with Gasteiger partial charge in [-0.2, -0.15) is 5.26 Å². The number of allylic oxidation sites excluding steroid dienone is 2. The molecule has 0 heterocycles. The molecule has 0 N–H and O–H groups in total. The first kappa shape index (κ1) is 7.82. The van der Waals surface area contributed by atoms with Gasteiger partial charge < -0.3 is 0 Å². The Morgan fingerprint density at radius 1 is 1.36 bits per heavy atom. The summed E-state index contributed by atoms with van der Waals surface area (Å²) in [5.74, 6) is 0.579. The van der Waals surface area contributed by atoms with Crippen LogP contribution in [-0.2, 0) is 5.41 Å². The minimum atomic E-state index is -0.306. The molecule has 0 aromatic heterocycles.